The zero-order valence-electron chi connectivity index (χ0n) is 13.6. The van der Waals surface area contributed by atoms with Gasteiger partial charge in [0.05, 0.1) is 13.2 Å². The summed E-state index contributed by atoms with van der Waals surface area (Å²) in [6, 6.07) is 20.2. The molecule has 2 rings (SSSR count). The normalized spacial score (nSPS) is 11.9. The van der Waals surface area contributed by atoms with Crippen LogP contribution >= 0.6 is 0 Å². The maximum absolute atomic E-state index is 12.1. The van der Waals surface area contributed by atoms with Gasteiger partial charge in [0.25, 0.3) is 0 Å². The molecule has 0 bridgehead atoms. The molecule has 0 amide bonds. The van der Waals surface area contributed by atoms with Gasteiger partial charge in [0.15, 0.2) is 6.10 Å². The Hall–Kier alpha value is -2.13. The number of ether oxygens (including phenoxy) is 2. The van der Waals surface area contributed by atoms with Gasteiger partial charge in [-0.15, -0.1) is 0 Å². The molecular formula is C20H24O3. The summed E-state index contributed by atoms with van der Waals surface area (Å²) in [6.45, 7) is 2.62. The van der Waals surface area contributed by atoms with Crippen LogP contribution in [0.2, 0.25) is 0 Å². The number of hydrogen-bond donors (Lipinski definition) is 0. The van der Waals surface area contributed by atoms with Crippen LogP contribution in [-0.2, 0) is 27.3 Å². The second kappa shape index (κ2) is 9.80. The minimum atomic E-state index is -0.501. The van der Waals surface area contributed by atoms with Crippen LogP contribution in [0, 0.1) is 0 Å². The first-order chi connectivity index (χ1) is 11.3. The van der Waals surface area contributed by atoms with Crippen molar-refractivity contribution in [3.63, 3.8) is 0 Å². The van der Waals surface area contributed by atoms with Crippen LogP contribution in [-0.4, -0.2) is 18.7 Å². The highest BCUT2D eigenvalue weighted by Crippen LogP contribution is 2.12. The van der Waals surface area contributed by atoms with Crippen molar-refractivity contribution in [2.45, 2.75) is 38.9 Å². The first kappa shape index (κ1) is 17.2. The molecule has 3 heteroatoms. The molecular weight excluding hydrogens is 288 g/mol. The third-order valence-corrected chi connectivity index (χ3v) is 3.62. The molecule has 1 atom stereocenters. The van der Waals surface area contributed by atoms with Crippen molar-refractivity contribution in [1.82, 2.24) is 0 Å². The quantitative estimate of drug-likeness (QED) is 0.652. The standard InChI is InChI=1S/C20H24O3/c1-2-22-20(21)19(23-16-18-12-7-4-8-13-18)15-9-14-17-10-5-3-6-11-17/h3-8,10-13,19H,2,9,14-16H2,1H3. The molecule has 2 aromatic carbocycles. The Bertz CT molecular complexity index is 566. The van der Waals surface area contributed by atoms with E-state index < -0.39 is 6.10 Å². The van der Waals surface area contributed by atoms with E-state index in [0.717, 1.165) is 18.4 Å². The first-order valence-electron chi connectivity index (χ1n) is 8.15. The van der Waals surface area contributed by atoms with E-state index in [2.05, 4.69) is 12.1 Å². The number of esters is 1. The van der Waals surface area contributed by atoms with Crippen LogP contribution in [0.4, 0.5) is 0 Å². The average molecular weight is 312 g/mol. The number of carbonyl (C=O) groups excluding carboxylic acids is 1. The van der Waals surface area contributed by atoms with Gasteiger partial charge in [-0.25, -0.2) is 4.79 Å². The zero-order chi connectivity index (χ0) is 16.3. The number of rotatable bonds is 9. The summed E-state index contributed by atoms with van der Waals surface area (Å²) in [4.78, 5) is 12.1. The zero-order valence-corrected chi connectivity index (χ0v) is 13.6. The Morgan fingerprint density at radius 3 is 2.17 bits per heavy atom. The largest absolute Gasteiger partial charge is 0.464 e. The maximum atomic E-state index is 12.1. The lowest BCUT2D eigenvalue weighted by Gasteiger charge is -2.16. The predicted octanol–water partition coefficient (Wildman–Crippen LogP) is 4.16. The topological polar surface area (TPSA) is 35.5 Å². The van der Waals surface area contributed by atoms with E-state index in [1.807, 2.05) is 55.5 Å². The van der Waals surface area contributed by atoms with Gasteiger partial charge in [-0.2, -0.15) is 0 Å². The van der Waals surface area contributed by atoms with Crippen LogP contribution in [0.5, 0.6) is 0 Å². The lowest BCUT2D eigenvalue weighted by Crippen LogP contribution is -2.26. The Morgan fingerprint density at radius 1 is 0.957 bits per heavy atom. The van der Waals surface area contributed by atoms with Crippen LogP contribution < -0.4 is 0 Å². The summed E-state index contributed by atoms with van der Waals surface area (Å²) in [5, 5.41) is 0. The average Bonchev–Trinajstić information content (AvgIpc) is 2.60. The Labute approximate surface area is 138 Å². The molecule has 0 aromatic heterocycles. The molecule has 2 aromatic rings. The fraction of sp³-hybridized carbons (Fsp3) is 0.350. The molecule has 0 aliphatic carbocycles. The molecule has 23 heavy (non-hydrogen) atoms. The maximum Gasteiger partial charge on any atom is 0.335 e. The van der Waals surface area contributed by atoms with Crippen molar-refractivity contribution in [2.24, 2.45) is 0 Å². The van der Waals surface area contributed by atoms with E-state index in [0.29, 0.717) is 19.6 Å². The van der Waals surface area contributed by atoms with Gasteiger partial charge < -0.3 is 9.47 Å². The number of benzene rings is 2. The smallest absolute Gasteiger partial charge is 0.335 e. The molecule has 3 nitrogen and oxygen atoms in total. The first-order valence-corrected chi connectivity index (χ1v) is 8.15. The molecule has 0 heterocycles. The van der Waals surface area contributed by atoms with Crippen LogP contribution in [0.3, 0.4) is 0 Å². The molecule has 0 aliphatic heterocycles. The van der Waals surface area contributed by atoms with Gasteiger partial charge in [-0.3, -0.25) is 0 Å². The molecule has 0 fully saturated rings. The fourth-order valence-electron chi connectivity index (χ4n) is 2.41. The van der Waals surface area contributed by atoms with Gasteiger partial charge in [-0.1, -0.05) is 60.7 Å². The highest BCUT2D eigenvalue weighted by atomic mass is 16.6. The predicted molar refractivity (Wildman–Crippen MR) is 91.0 cm³/mol. The van der Waals surface area contributed by atoms with E-state index in [1.165, 1.54) is 5.56 Å². The summed E-state index contributed by atoms with van der Waals surface area (Å²) in [6.07, 6.45) is 1.99. The van der Waals surface area contributed by atoms with E-state index >= 15 is 0 Å². The Balaban J connectivity index is 1.85. The van der Waals surface area contributed by atoms with E-state index in [-0.39, 0.29) is 5.97 Å². The second-order valence-electron chi connectivity index (χ2n) is 5.42. The van der Waals surface area contributed by atoms with Crippen molar-refractivity contribution in [2.75, 3.05) is 6.61 Å². The van der Waals surface area contributed by atoms with Crippen molar-refractivity contribution in [1.29, 1.82) is 0 Å². The van der Waals surface area contributed by atoms with Gasteiger partial charge >= 0.3 is 5.97 Å². The summed E-state index contributed by atoms with van der Waals surface area (Å²) >= 11 is 0. The summed E-state index contributed by atoms with van der Waals surface area (Å²) in [5.74, 6) is -0.267. The SMILES string of the molecule is CCOC(=O)C(CCCc1ccccc1)OCc1ccccc1. The minimum absolute atomic E-state index is 0.267. The number of hydrogen-bond acceptors (Lipinski definition) is 3. The monoisotopic (exact) mass is 312 g/mol. The lowest BCUT2D eigenvalue weighted by atomic mass is 10.1. The molecule has 0 aliphatic rings. The number of carbonyl (C=O) groups is 1. The Kier molecular flexibility index (Phi) is 7.34. The Morgan fingerprint density at radius 2 is 1.57 bits per heavy atom. The third-order valence-electron chi connectivity index (χ3n) is 3.62. The van der Waals surface area contributed by atoms with Gasteiger partial charge in [-0.05, 0) is 37.3 Å². The van der Waals surface area contributed by atoms with Gasteiger partial charge in [0, 0.05) is 0 Å². The third kappa shape index (κ3) is 6.25. The minimum Gasteiger partial charge on any atom is -0.464 e. The molecule has 122 valence electrons. The van der Waals surface area contributed by atoms with Gasteiger partial charge in [0.1, 0.15) is 0 Å². The van der Waals surface area contributed by atoms with Crippen molar-refractivity contribution in [3.8, 4) is 0 Å². The van der Waals surface area contributed by atoms with Crippen LogP contribution in [0.1, 0.15) is 30.9 Å². The summed E-state index contributed by atoms with van der Waals surface area (Å²) < 4.78 is 10.9. The molecule has 0 saturated heterocycles. The summed E-state index contributed by atoms with van der Waals surface area (Å²) in [7, 11) is 0. The molecule has 1 unspecified atom stereocenters. The van der Waals surface area contributed by atoms with E-state index in [4.69, 9.17) is 9.47 Å². The van der Waals surface area contributed by atoms with Gasteiger partial charge in [0.2, 0.25) is 0 Å². The van der Waals surface area contributed by atoms with E-state index in [1.54, 1.807) is 0 Å². The molecule has 0 radical (unpaired) electrons. The van der Waals surface area contributed by atoms with Crippen molar-refractivity contribution >= 4 is 5.97 Å². The highest BCUT2D eigenvalue weighted by Gasteiger charge is 2.20. The van der Waals surface area contributed by atoms with Crippen LogP contribution in [0.25, 0.3) is 0 Å². The lowest BCUT2D eigenvalue weighted by molar-refractivity contribution is -0.158. The number of aryl methyl sites for hydroxylation is 1. The molecule has 0 spiro atoms. The van der Waals surface area contributed by atoms with Crippen LogP contribution in [0.15, 0.2) is 60.7 Å². The fourth-order valence-corrected chi connectivity index (χ4v) is 2.41. The highest BCUT2D eigenvalue weighted by molar-refractivity contribution is 5.74. The molecule has 0 N–H and O–H groups in total. The summed E-state index contributed by atoms with van der Waals surface area (Å²) in [5.41, 5.74) is 2.34. The van der Waals surface area contributed by atoms with Crippen molar-refractivity contribution in [3.05, 3.63) is 71.8 Å². The second-order valence-corrected chi connectivity index (χ2v) is 5.42. The molecule has 0 saturated carbocycles. The van der Waals surface area contributed by atoms with Crippen molar-refractivity contribution < 1.29 is 14.3 Å². The van der Waals surface area contributed by atoms with E-state index in [9.17, 15) is 4.79 Å².